The topological polar surface area (TPSA) is 24.5 Å². The molecule has 0 unspecified atom stereocenters. The lowest BCUT2D eigenvalue weighted by atomic mass is 10.2. The first-order valence-electron chi connectivity index (χ1n) is 7.73. The fourth-order valence-electron chi connectivity index (χ4n) is 2.14. The van der Waals surface area contributed by atoms with Crippen LogP contribution in [0.5, 0.6) is 5.75 Å². The van der Waals surface area contributed by atoms with E-state index in [9.17, 15) is 0 Å². The van der Waals surface area contributed by atoms with E-state index >= 15 is 0 Å². The van der Waals surface area contributed by atoms with Crippen molar-refractivity contribution in [3.05, 3.63) is 42.0 Å². The number of nitrogens with zero attached hydrogens (tertiary/aromatic N) is 1. The molecular formula is C18H30N2O. The van der Waals surface area contributed by atoms with Gasteiger partial charge in [-0.25, -0.2) is 0 Å². The van der Waals surface area contributed by atoms with Gasteiger partial charge >= 0.3 is 0 Å². The first kappa shape index (κ1) is 17.7. The van der Waals surface area contributed by atoms with Crippen LogP contribution in [0.1, 0.15) is 26.3 Å². The first-order chi connectivity index (χ1) is 9.99. The minimum absolute atomic E-state index is 0.661. The highest BCUT2D eigenvalue weighted by Crippen LogP contribution is 2.17. The number of para-hydroxylation sites is 1. The Kier molecular flexibility index (Phi) is 8.09. The van der Waals surface area contributed by atoms with Crippen molar-refractivity contribution in [3.63, 3.8) is 0 Å². The van der Waals surface area contributed by atoms with E-state index in [4.69, 9.17) is 4.74 Å². The van der Waals surface area contributed by atoms with Crippen LogP contribution in [0.2, 0.25) is 0 Å². The molecule has 0 fully saturated rings. The molecule has 0 atom stereocenters. The lowest BCUT2D eigenvalue weighted by molar-refractivity contribution is 0.245. The molecule has 0 radical (unpaired) electrons. The molecule has 0 aliphatic rings. The Hall–Kier alpha value is -1.32. The third kappa shape index (κ3) is 7.88. The van der Waals surface area contributed by atoms with Crippen LogP contribution in [-0.2, 0) is 6.54 Å². The summed E-state index contributed by atoms with van der Waals surface area (Å²) in [6.07, 6.45) is 0. The van der Waals surface area contributed by atoms with E-state index in [2.05, 4.69) is 49.8 Å². The van der Waals surface area contributed by atoms with Crippen LogP contribution in [0.15, 0.2) is 36.4 Å². The van der Waals surface area contributed by atoms with E-state index in [1.165, 1.54) is 11.1 Å². The van der Waals surface area contributed by atoms with Crippen LogP contribution < -0.4 is 10.1 Å². The van der Waals surface area contributed by atoms with Gasteiger partial charge in [0.05, 0.1) is 0 Å². The van der Waals surface area contributed by atoms with E-state index in [-0.39, 0.29) is 0 Å². The number of ether oxygens (including phenoxy) is 1. The molecule has 0 saturated carbocycles. The maximum absolute atomic E-state index is 5.94. The summed E-state index contributed by atoms with van der Waals surface area (Å²) in [6.45, 7) is 14.8. The van der Waals surface area contributed by atoms with Gasteiger partial charge in [0, 0.05) is 25.2 Å². The molecule has 1 aromatic carbocycles. The highest BCUT2D eigenvalue weighted by atomic mass is 16.5. The summed E-state index contributed by atoms with van der Waals surface area (Å²) >= 11 is 0. The molecule has 1 rings (SSSR count). The molecule has 0 aliphatic carbocycles. The Morgan fingerprint density at radius 1 is 1.33 bits per heavy atom. The van der Waals surface area contributed by atoms with Crippen LogP contribution in [-0.4, -0.2) is 38.2 Å². The Bertz CT molecular complexity index is 429. The summed E-state index contributed by atoms with van der Waals surface area (Å²) in [4.78, 5) is 2.22. The zero-order valence-corrected chi connectivity index (χ0v) is 14.0. The van der Waals surface area contributed by atoms with Crippen molar-refractivity contribution in [1.29, 1.82) is 0 Å². The quantitative estimate of drug-likeness (QED) is 0.669. The van der Waals surface area contributed by atoms with Gasteiger partial charge in [-0.3, -0.25) is 4.90 Å². The van der Waals surface area contributed by atoms with Gasteiger partial charge in [-0.05, 0) is 32.5 Å². The van der Waals surface area contributed by atoms with E-state index < -0.39 is 0 Å². The Morgan fingerprint density at radius 3 is 2.71 bits per heavy atom. The molecule has 0 amide bonds. The van der Waals surface area contributed by atoms with Crippen molar-refractivity contribution in [2.45, 2.75) is 27.3 Å². The fourth-order valence-corrected chi connectivity index (χ4v) is 2.14. The number of likely N-dealkylation sites (N-methyl/N-ethyl adjacent to an activating group) is 1. The number of nitrogens with one attached hydrogen (secondary N) is 1. The van der Waals surface area contributed by atoms with Crippen molar-refractivity contribution in [2.24, 2.45) is 5.92 Å². The van der Waals surface area contributed by atoms with Crippen molar-refractivity contribution in [2.75, 3.05) is 33.3 Å². The molecule has 1 N–H and O–H groups in total. The molecule has 0 aliphatic heterocycles. The Balaban J connectivity index is 2.41. The molecule has 1 aromatic rings. The van der Waals surface area contributed by atoms with E-state index in [0.29, 0.717) is 12.5 Å². The van der Waals surface area contributed by atoms with Crippen LogP contribution in [0.25, 0.3) is 0 Å². The first-order valence-corrected chi connectivity index (χ1v) is 7.73. The maximum atomic E-state index is 5.94. The second-order valence-corrected chi connectivity index (χ2v) is 6.18. The van der Waals surface area contributed by atoms with Crippen LogP contribution >= 0.6 is 0 Å². The molecule has 0 heterocycles. The predicted molar refractivity (Wildman–Crippen MR) is 90.8 cm³/mol. The summed E-state index contributed by atoms with van der Waals surface area (Å²) in [5.74, 6) is 1.64. The molecule has 0 saturated heterocycles. The number of rotatable bonds is 10. The van der Waals surface area contributed by atoms with Crippen LogP contribution in [0, 0.1) is 5.92 Å². The number of benzene rings is 1. The minimum Gasteiger partial charge on any atom is -0.492 e. The van der Waals surface area contributed by atoms with Gasteiger partial charge in [-0.15, -0.1) is 0 Å². The SMILES string of the molecule is C=C(C)CN(C)CCOc1ccccc1CNCC(C)C. The normalized spacial score (nSPS) is 11.1. The fraction of sp³-hybridized carbons (Fsp3) is 0.556. The zero-order chi connectivity index (χ0) is 15.7. The Morgan fingerprint density at radius 2 is 2.05 bits per heavy atom. The van der Waals surface area contributed by atoms with Gasteiger partial charge in [0.25, 0.3) is 0 Å². The molecule has 3 heteroatoms. The standard InChI is InChI=1S/C18H30N2O/c1-15(2)12-19-13-17-8-6-7-9-18(17)21-11-10-20(5)14-16(3)4/h6-9,15,19H,3,10-14H2,1-2,4-5H3. The predicted octanol–water partition coefficient (Wildman–Crippen LogP) is 3.32. The molecule has 0 spiro atoms. The molecule has 3 nitrogen and oxygen atoms in total. The van der Waals surface area contributed by atoms with Gasteiger partial charge in [-0.1, -0.05) is 44.2 Å². The monoisotopic (exact) mass is 290 g/mol. The molecular weight excluding hydrogens is 260 g/mol. The minimum atomic E-state index is 0.661. The van der Waals surface area contributed by atoms with Gasteiger partial charge in [0.1, 0.15) is 12.4 Å². The van der Waals surface area contributed by atoms with Crippen LogP contribution in [0.3, 0.4) is 0 Å². The zero-order valence-electron chi connectivity index (χ0n) is 14.0. The summed E-state index contributed by atoms with van der Waals surface area (Å²) in [6, 6.07) is 8.26. The van der Waals surface area contributed by atoms with E-state index in [0.717, 1.165) is 31.9 Å². The van der Waals surface area contributed by atoms with E-state index in [1.54, 1.807) is 0 Å². The van der Waals surface area contributed by atoms with E-state index in [1.807, 2.05) is 19.1 Å². The van der Waals surface area contributed by atoms with Crippen molar-refractivity contribution in [1.82, 2.24) is 10.2 Å². The lowest BCUT2D eigenvalue weighted by Gasteiger charge is -2.18. The lowest BCUT2D eigenvalue weighted by Crippen LogP contribution is -2.26. The second kappa shape index (κ2) is 9.59. The van der Waals surface area contributed by atoms with Gasteiger partial charge in [0.2, 0.25) is 0 Å². The van der Waals surface area contributed by atoms with Gasteiger partial charge in [-0.2, -0.15) is 0 Å². The van der Waals surface area contributed by atoms with Crippen molar-refractivity contribution in [3.8, 4) is 5.75 Å². The largest absolute Gasteiger partial charge is 0.492 e. The number of hydrogen-bond acceptors (Lipinski definition) is 3. The summed E-state index contributed by atoms with van der Waals surface area (Å²) in [7, 11) is 2.09. The molecule has 21 heavy (non-hydrogen) atoms. The third-order valence-corrected chi connectivity index (χ3v) is 3.11. The summed E-state index contributed by atoms with van der Waals surface area (Å²) in [5, 5.41) is 3.46. The van der Waals surface area contributed by atoms with Gasteiger partial charge in [0.15, 0.2) is 0 Å². The maximum Gasteiger partial charge on any atom is 0.123 e. The van der Waals surface area contributed by atoms with Crippen molar-refractivity contribution < 1.29 is 4.74 Å². The smallest absolute Gasteiger partial charge is 0.123 e. The highest BCUT2D eigenvalue weighted by Gasteiger charge is 2.04. The number of hydrogen-bond donors (Lipinski definition) is 1. The summed E-state index contributed by atoms with van der Waals surface area (Å²) < 4.78 is 5.94. The average molecular weight is 290 g/mol. The van der Waals surface area contributed by atoms with Gasteiger partial charge < -0.3 is 10.1 Å². The Labute approximate surface area is 130 Å². The molecule has 0 bridgehead atoms. The molecule has 118 valence electrons. The van der Waals surface area contributed by atoms with Crippen molar-refractivity contribution >= 4 is 0 Å². The highest BCUT2D eigenvalue weighted by molar-refractivity contribution is 5.33. The third-order valence-electron chi connectivity index (χ3n) is 3.11. The molecule has 0 aromatic heterocycles. The second-order valence-electron chi connectivity index (χ2n) is 6.18. The summed E-state index contributed by atoms with van der Waals surface area (Å²) in [5.41, 5.74) is 2.40. The van der Waals surface area contributed by atoms with Crippen LogP contribution in [0.4, 0.5) is 0 Å². The average Bonchev–Trinajstić information content (AvgIpc) is 2.39.